The highest BCUT2D eigenvalue weighted by Gasteiger charge is 2.19. The average Bonchev–Trinajstić information content (AvgIpc) is 2.89. The maximum atomic E-state index is 11.6. The summed E-state index contributed by atoms with van der Waals surface area (Å²) < 4.78 is 5.36. The monoisotopic (exact) mass is 226 g/mol. The molecular formula is C15H14O2. The van der Waals surface area contributed by atoms with Crippen LogP contribution in [0.25, 0.3) is 0 Å². The second-order valence-corrected chi connectivity index (χ2v) is 4.10. The minimum atomic E-state index is -0.382. The number of carbonyl (C=O) groups is 1. The van der Waals surface area contributed by atoms with Crippen molar-refractivity contribution in [1.82, 2.24) is 0 Å². The molecule has 0 saturated carbocycles. The second-order valence-electron chi connectivity index (χ2n) is 4.10. The molecule has 0 N–H and O–H groups in total. The summed E-state index contributed by atoms with van der Waals surface area (Å²) in [6.07, 6.45) is 11.8. The fourth-order valence-electron chi connectivity index (χ4n) is 1.67. The maximum Gasteiger partial charge on any atom is 0.338 e. The van der Waals surface area contributed by atoms with Gasteiger partial charge in [-0.15, -0.1) is 0 Å². The third-order valence-electron chi connectivity index (χ3n) is 2.62. The Kier molecular flexibility index (Phi) is 2.96. The van der Waals surface area contributed by atoms with Gasteiger partial charge in [0.05, 0.1) is 0 Å². The average molecular weight is 226 g/mol. The molecule has 17 heavy (non-hydrogen) atoms. The van der Waals surface area contributed by atoms with E-state index in [4.69, 9.17) is 4.74 Å². The highest BCUT2D eigenvalue weighted by molar-refractivity contribution is 5.88. The Hall–Kier alpha value is -2.09. The number of allylic oxidation sites excluding steroid dienone is 8. The minimum absolute atomic E-state index is 0.382. The molecule has 2 aliphatic carbocycles. The van der Waals surface area contributed by atoms with Crippen molar-refractivity contribution in [2.45, 2.75) is 13.8 Å². The van der Waals surface area contributed by atoms with Crippen LogP contribution in [-0.4, -0.2) is 5.97 Å². The lowest BCUT2D eigenvalue weighted by Crippen LogP contribution is -2.06. The van der Waals surface area contributed by atoms with Crippen molar-refractivity contribution >= 4 is 5.97 Å². The summed E-state index contributed by atoms with van der Waals surface area (Å²) in [5.41, 5.74) is 3.36. The zero-order valence-electron chi connectivity index (χ0n) is 9.99. The summed E-state index contributed by atoms with van der Waals surface area (Å²) in [5.74, 6) is 0.247. The normalized spacial score (nSPS) is 17.3. The Morgan fingerprint density at radius 2 is 1.82 bits per heavy atom. The van der Waals surface area contributed by atoms with Crippen molar-refractivity contribution in [2.75, 3.05) is 0 Å². The number of ether oxygens (including phenoxy) is 1. The lowest BCUT2D eigenvalue weighted by Gasteiger charge is -2.09. The van der Waals surface area contributed by atoms with E-state index in [1.54, 1.807) is 6.92 Å². The lowest BCUT2D eigenvalue weighted by atomic mass is 10.1. The summed E-state index contributed by atoms with van der Waals surface area (Å²) in [7, 11) is 0. The van der Waals surface area contributed by atoms with Crippen LogP contribution in [-0.2, 0) is 9.53 Å². The van der Waals surface area contributed by atoms with Crippen LogP contribution < -0.4 is 0 Å². The molecule has 2 heteroatoms. The molecule has 0 spiro atoms. The summed E-state index contributed by atoms with van der Waals surface area (Å²) in [6.45, 7) is 7.15. The highest BCUT2D eigenvalue weighted by atomic mass is 16.5. The number of carbonyl (C=O) groups excluding carboxylic acids is 1. The molecule has 0 saturated heterocycles. The molecule has 0 aromatic rings. The molecule has 0 aromatic heterocycles. The van der Waals surface area contributed by atoms with Crippen molar-refractivity contribution in [3.8, 4) is 0 Å². The van der Waals surface area contributed by atoms with E-state index in [1.165, 1.54) is 0 Å². The second kappa shape index (κ2) is 4.42. The molecule has 0 aliphatic heterocycles. The first-order valence-electron chi connectivity index (χ1n) is 5.45. The van der Waals surface area contributed by atoms with Crippen molar-refractivity contribution in [3.05, 3.63) is 71.1 Å². The van der Waals surface area contributed by atoms with Gasteiger partial charge < -0.3 is 4.74 Å². The van der Waals surface area contributed by atoms with E-state index in [-0.39, 0.29) is 5.97 Å². The molecule has 0 radical (unpaired) electrons. The van der Waals surface area contributed by atoms with Crippen LogP contribution in [0.1, 0.15) is 13.8 Å². The fraction of sp³-hybridized carbons (Fsp3) is 0.133. The Bertz CT molecular complexity index is 523. The van der Waals surface area contributed by atoms with Crippen molar-refractivity contribution < 1.29 is 9.53 Å². The summed E-state index contributed by atoms with van der Waals surface area (Å²) in [4.78, 5) is 11.6. The molecule has 0 bridgehead atoms. The number of hydrogen-bond donors (Lipinski definition) is 0. The fourth-order valence-corrected chi connectivity index (χ4v) is 1.67. The van der Waals surface area contributed by atoms with Crippen LogP contribution in [0.2, 0.25) is 0 Å². The van der Waals surface area contributed by atoms with Crippen LogP contribution in [0, 0.1) is 0 Å². The van der Waals surface area contributed by atoms with Gasteiger partial charge in [-0.1, -0.05) is 43.0 Å². The molecule has 2 aliphatic rings. The van der Waals surface area contributed by atoms with Crippen molar-refractivity contribution in [1.29, 1.82) is 0 Å². The minimum Gasteiger partial charge on any atom is -0.422 e. The quantitative estimate of drug-likeness (QED) is 0.533. The van der Waals surface area contributed by atoms with E-state index >= 15 is 0 Å². The summed E-state index contributed by atoms with van der Waals surface area (Å²) >= 11 is 0. The standard InChI is InChI=1S/C15H14O2/c1-10(2)15(16)17-14-11(3)8-9-13(14)12-6-4-5-7-12/h4-9H,1H2,2-3H3. The number of hydrogen-bond acceptors (Lipinski definition) is 2. The number of esters is 1. The Labute approximate surface area is 101 Å². The van der Waals surface area contributed by atoms with Gasteiger partial charge in [0.15, 0.2) is 0 Å². The van der Waals surface area contributed by atoms with E-state index < -0.39 is 0 Å². The molecule has 86 valence electrons. The van der Waals surface area contributed by atoms with Gasteiger partial charge >= 0.3 is 5.97 Å². The van der Waals surface area contributed by atoms with Gasteiger partial charge in [-0.25, -0.2) is 4.79 Å². The van der Waals surface area contributed by atoms with Crippen LogP contribution in [0.4, 0.5) is 0 Å². The number of rotatable bonds is 2. The zero-order valence-corrected chi connectivity index (χ0v) is 9.99. The molecule has 0 aromatic carbocycles. The predicted molar refractivity (Wildman–Crippen MR) is 68.1 cm³/mol. The third kappa shape index (κ3) is 2.21. The molecule has 2 rings (SSSR count). The topological polar surface area (TPSA) is 26.3 Å². The van der Waals surface area contributed by atoms with E-state index in [0.717, 1.165) is 16.7 Å². The molecule has 0 fully saturated rings. The summed E-state index contributed by atoms with van der Waals surface area (Å²) in [6, 6.07) is 0. The summed E-state index contributed by atoms with van der Waals surface area (Å²) in [5, 5.41) is 0. The SMILES string of the molecule is C=C(C)C(=O)OC1=C(C)C=CC1=C1C=CC=C1. The largest absolute Gasteiger partial charge is 0.422 e. The van der Waals surface area contributed by atoms with Gasteiger partial charge in [0, 0.05) is 11.1 Å². The van der Waals surface area contributed by atoms with Gasteiger partial charge in [-0.3, -0.25) is 0 Å². The van der Waals surface area contributed by atoms with E-state index in [0.29, 0.717) is 11.3 Å². The first-order chi connectivity index (χ1) is 8.09. The zero-order chi connectivity index (χ0) is 12.4. The maximum absolute atomic E-state index is 11.6. The van der Waals surface area contributed by atoms with E-state index in [1.807, 2.05) is 43.4 Å². The molecule has 0 atom stereocenters. The van der Waals surface area contributed by atoms with Gasteiger partial charge in [0.1, 0.15) is 5.76 Å². The molecule has 0 amide bonds. The smallest absolute Gasteiger partial charge is 0.338 e. The first-order valence-corrected chi connectivity index (χ1v) is 5.45. The van der Waals surface area contributed by atoms with Gasteiger partial charge in [0.2, 0.25) is 0 Å². The highest BCUT2D eigenvalue weighted by Crippen LogP contribution is 2.30. The molecular weight excluding hydrogens is 212 g/mol. The predicted octanol–water partition coefficient (Wildman–Crippen LogP) is 3.37. The Balaban J connectivity index is 2.32. The first kappa shape index (κ1) is 11.4. The molecule has 0 heterocycles. The molecule has 2 nitrogen and oxygen atoms in total. The lowest BCUT2D eigenvalue weighted by molar-refractivity contribution is -0.134. The Morgan fingerprint density at radius 3 is 2.41 bits per heavy atom. The van der Waals surface area contributed by atoms with Gasteiger partial charge in [0.25, 0.3) is 0 Å². The Morgan fingerprint density at radius 1 is 1.18 bits per heavy atom. The van der Waals surface area contributed by atoms with Crippen LogP contribution in [0.15, 0.2) is 71.1 Å². The van der Waals surface area contributed by atoms with Crippen LogP contribution >= 0.6 is 0 Å². The van der Waals surface area contributed by atoms with E-state index in [9.17, 15) is 4.79 Å². The van der Waals surface area contributed by atoms with Gasteiger partial charge in [-0.2, -0.15) is 0 Å². The van der Waals surface area contributed by atoms with Crippen LogP contribution in [0.3, 0.4) is 0 Å². The van der Waals surface area contributed by atoms with Gasteiger partial charge in [-0.05, 0) is 25.0 Å². The van der Waals surface area contributed by atoms with Crippen molar-refractivity contribution in [2.24, 2.45) is 0 Å². The molecule has 0 unspecified atom stereocenters. The van der Waals surface area contributed by atoms with Crippen molar-refractivity contribution in [3.63, 3.8) is 0 Å². The van der Waals surface area contributed by atoms with Crippen LogP contribution in [0.5, 0.6) is 0 Å². The van der Waals surface area contributed by atoms with E-state index in [2.05, 4.69) is 6.58 Å². The third-order valence-corrected chi connectivity index (χ3v) is 2.62.